The molecule has 3 atom stereocenters. The Balaban J connectivity index is 1.26. The van der Waals surface area contributed by atoms with E-state index in [4.69, 9.17) is 14.5 Å². The summed E-state index contributed by atoms with van der Waals surface area (Å²) in [6, 6.07) is 8.11. The summed E-state index contributed by atoms with van der Waals surface area (Å²) in [5, 5.41) is 9.58. The Labute approximate surface area is 268 Å². The van der Waals surface area contributed by atoms with Crippen LogP contribution in [0.15, 0.2) is 74.3 Å². The maximum atomic E-state index is 13.3. The van der Waals surface area contributed by atoms with Gasteiger partial charge in [-0.15, -0.1) is 0 Å². The molecule has 0 saturated heterocycles. The van der Waals surface area contributed by atoms with Gasteiger partial charge in [0.2, 0.25) is 0 Å². The normalized spacial score (nSPS) is 22.8. The molecular weight excluding hydrogens is 763 g/mol. The minimum atomic E-state index is -4.76. The Hall–Kier alpha value is -2.28. The van der Waals surface area contributed by atoms with Crippen LogP contribution < -0.4 is 9.46 Å². The van der Waals surface area contributed by atoms with E-state index in [9.17, 15) is 31.0 Å². The number of benzene rings is 1. The second-order valence-electron chi connectivity index (χ2n) is 10.4. The SMILES string of the molecule is CCI1(CCCCCCOc2ccc3cc(S(=O)(=O)NCP(=O)(O)OC4=CC=C(C#N)C(C(F)(F)F)C4)sc3c2)=CC=CC=C1. The molecule has 1 aliphatic heterocycles. The van der Waals surface area contributed by atoms with E-state index in [1.165, 1.54) is 27.4 Å². The van der Waals surface area contributed by atoms with Crippen molar-refractivity contribution < 1.29 is 40.3 Å². The van der Waals surface area contributed by atoms with Gasteiger partial charge in [-0.2, -0.15) is 23.2 Å². The first-order valence-electron chi connectivity index (χ1n) is 14.2. The number of ether oxygens (including phenoxy) is 1. The van der Waals surface area contributed by atoms with Gasteiger partial charge in [-0.25, -0.2) is 13.0 Å². The van der Waals surface area contributed by atoms with E-state index in [0.717, 1.165) is 42.8 Å². The molecule has 0 saturated carbocycles. The molecule has 246 valence electrons. The summed E-state index contributed by atoms with van der Waals surface area (Å²) in [4.78, 5) is 10.2. The number of nitrogens with one attached hydrogen (secondary N) is 1. The van der Waals surface area contributed by atoms with Crippen molar-refractivity contribution in [3.05, 3.63) is 70.1 Å². The number of allylic oxidation sites excluding steroid dienone is 7. The first-order valence-corrected chi connectivity index (χ1v) is 23.8. The molecule has 15 heteroatoms. The summed E-state index contributed by atoms with van der Waals surface area (Å²) >= 11 is -0.912. The number of unbranched alkanes of at least 4 members (excludes halogenated alkanes) is 3. The number of hydrogen-bond acceptors (Lipinski definition) is 7. The molecule has 0 radical (unpaired) electrons. The molecule has 0 fully saturated rings. The third-order valence-electron chi connectivity index (χ3n) is 7.22. The van der Waals surface area contributed by atoms with Crippen LogP contribution in [0, 0.1) is 17.2 Å². The Bertz CT molecular complexity index is 1770. The minimum absolute atomic E-state index is 0.111. The van der Waals surface area contributed by atoms with Crippen LogP contribution in [0.3, 0.4) is 0 Å². The zero-order valence-electron chi connectivity index (χ0n) is 24.5. The number of sulfonamides is 1. The summed E-state index contributed by atoms with van der Waals surface area (Å²) < 4.78 is 99.0. The predicted molar refractivity (Wildman–Crippen MR) is 182 cm³/mol. The van der Waals surface area contributed by atoms with E-state index >= 15 is 0 Å². The Morgan fingerprint density at radius 2 is 1.93 bits per heavy atom. The van der Waals surface area contributed by atoms with Crippen molar-refractivity contribution >= 4 is 61.0 Å². The van der Waals surface area contributed by atoms with Crippen molar-refractivity contribution in [2.24, 2.45) is 5.92 Å². The zero-order chi connectivity index (χ0) is 32.7. The van der Waals surface area contributed by atoms with E-state index in [0.29, 0.717) is 22.4 Å². The number of thiophene rings is 1. The first-order chi connectivity index (χ1) is 21.3. The topological polar surface area (TPSA) is 126 Å². The molecule has 2 aliphatic rings. The third kappa shape index (κ3) is 9.86. The van der Waals surface area contributed by atoms with Gasteiger partial charge in [0.05, 0.1) is 12.0 Å². The summed E-state index contributed by atoms with van der Waals surface area (Å²) in [6.45, 7) is 2.83. The molecule has 1 aromatic heterocycles. The van der Waals surface area contributed by atoms with Gasteiger partial charge in [0, 0.05) is 12.0 Å². The quantitative estimate of drug-likeness (QED) is 0.0807. The fourth-order valence-electron chi connectivity index (χ4n) is 4.72. The van der Waals surface area contributed by atoms with Crippen LogP contribution in [0.5, 0.6) is 5.75 Å². The third-order valence-corrected chi connectivity index (χ3v) is 20.8. The Morgan fingerprint density at radius 1 is 1.16 bits per heavy atom. The van der Waals surface area contributed by atoms with Crippen LogP contribution in [-0.4, -0.2) is 45.2 Å². The Morgan fingerprint density at radius 3 is 2.62 bits per heavy atom. The number of halogens is 4. The second kappa shape index (κ2) is 15.1. The summed E-state index contributed by atoms with van der Waals surface area (Å²) in [7, 11) is -8.97. The molecule has 8 nitrogen and oxygen atoms in total. The van der Waals surface area contributed by atoms with Gasteiger partial charge in [0.25, 0.3) is 10.0 Å². The van der Waals surface area contributed by atoms with Crippen LogP contribution in [0.1, 0.15) is 39.0 Å². The van der Waals surface area contributed by atoms with E-state index in [-0.39, 0.29) is 4.21 Å². The number of alkyl halides is 5. The van der Waals surface area contributed by atoms with Gasteiger partial charge in [-0.1, -0.05) is 0 Å². The second-order valence-corrected chi connectivity index (χ2v) is 24.7. The van der Waals surface area contributed by atoms with Gasteiger partial charge in [-0.3, -0.25) is 0 Å². The van der Waals surface area contributed by atoms with E-state index in [1.807, 2.05) is 4.72 Å². The van der Waals surface area contributed by atoms with Crippen molar-refractivity contribution in [3.8, 4) is 11.8 Å². The maximum absolute atomic E-state index is 13.3. The molecule has 0 amide bonds. The fourth-order valence-corrected chi connectivity index (χ4v) is 15.6. The Kier molecular flexibility index (Phi) is 11.9. The van der Waals surface area contributed by atoms with Crippen LogP contribution in [0.25, 0.3) is 10.1 Å². The number of nitrogens with zero attached hydrogens (tertiary/aromatic N) is 1. The first kappa shape index (κ1) is 35.6. The summed E-state index contributed by atoms with van der Waals surface area (Å²) in [6.07, 6.45) is 6.00. The van der Waals surface area contributed by atoms with Crippen LogP contribution in [0.4, 0.5) is 13.2 Å². The summed E-state index contributed by atoms with van der Waals surface area (Å²) in [5.41, 5.74) is -0.552. The van der Waals surface area contributed by atoms with Gasteiger partial charge < -0.3 is 9.42 Å². The van der Waals surface area contributed by atoms with Crippen LogP contribution in [0.2, 0.25) is 0 Å². The van der Waals surface area contributed by atoms with Gasteiger partial charge in [-0.05, 0) is 12.2 Å². The summed E-state index contributed by atoms with van der Waals surface area (Å²) in [5.74, 6) is -2.06. The molecule has 2 N–H and O–H groups in total. The predicted octanol–water partition coefficient (Wildman–Crippen LogP) is 8.14. The van der Waals surface area contributed by atoms with Crippen molar-refractivity contribution in [2.75, 3.05) is 21.7 Å². The number of rotatable bonds is 15. The van der Waals surface area contributed by atoms with Gasteiger partial charge in [0.15, 0.2) is 0 Å². The van der Waals surface area contributed by atoms with Crippen molar-refractivity contribution in [2.45, 2.75) is 49.4 Å². The standard InChI is InChI=1S/C30H35F3IN2O6PS2/c1-2-34(15-7-5-8-16-34)14-6-3-4-9-17-41-25-12-10-23-18-29(44-28(23)20-25)45(39,40)36-22-43(37,38)42-26-13-11-24(21-35)27(19-26)30(31,32)33/h5,7-8,10-13,15-16,18,20,27,36H,2-4,6,9,14,17,19,22H2,1H3,(H,37,38). The molecule has 1 aliphatic carbocycles. The zero-order valence-corrected chi connectivity index (χ0v) is 29.2. The number of hydrogen-bond donors (Lipinski definition) is 2. The molecule has 2 heterocycles. The van der Waals surface area contributed by atoms with Crippen molar-refractivity contribution in [1.29, 1.82) is 5.26 Å². The number of nitriles is 1. The molecular formula is C30H35F3IN2O6PS2. The van der Waals surface area contributed by atoms with Gasteiger partial charge in [0.1, 0.15) is 12.0 Å². The molecule has 2 aromatic rings. The van der Waals surface area contributed by atoms with E-state index < -0.39 is 71.7 Å². The van der Waals surface area contributed by atoms with Crippen LogP contribution >= 0.6 is 36.9 Å². The van der Waals surface area contributed by atoms with Gasteiger partial charge >= 0.3 is 167 Å². The van der Waals surface area contributed by atoms with Crippen LogP contribution in [-0.2, 0) is 19.1 Å². The fraction of sp³-hybridized carbons (Fsp3) is 0.400. The average Bonchev–Trinajstić information content (AvgIpc) is 3.44. The number of fused-ring (bicyclic) bond motifs is 1. The monoisotopic (exact) mass is 798 g/mol. The molecule has 1 aromatic carbocycles. The molecule has 45 heavy (non-hydrogen) atoms. The molecule has 0 bridgehead atoms. The van der Waals surface area contributed by atoms with E-state index in [2.05, 4.69) is 33.2 Å². The average molecular weight is 799 g/mol. The molecule has 0 spiro atoms. The van der Waals surface area contributed by atoms with E-state index in [1.54, 1.807) is 18.2 Å². The molecule has 4 rings (SSSR count). The van der Waals surface area contributed by atoms with Crippen molar-refractivity contribution in [1.82, 2.24) is 4.72 Å². The van der Waals surface area contributed by atoms with Crippen molar-refractivity contribution in [3.63, 3.8) is 0 Å². The molecule has 3 unspecified atom stereocenters.